The topological polar surface area (TPSA) is 86.5 Å². The molecule has 6 nitrogen and oxygen atoms in total. The number of morpholine rings is 1. The average molecular weight is 380 g/mol. The minimum Gasteiger partial charge on any atom is -0.763 e. The largest absolute Gasteiger partial charge is 0.763 e. The Labute approximate surface area is 156 Å². The number of nitrogens with one attached hydrogen (secondary N) is 1. The number of thiocarbonyl (C=S) groups is 1. The van der Waals surface area contributed by atoms with Gasteiger partial charge in [-0.05, 0) is 18.4 Å². The number of hydrogen-bond acceptors (Lipinski definition) is 5. The summed E-state index contributed by atoms with van der Waals surface area (Å²) in [7, 11) is 1.33. The number of nitrogens with zero attached hydrogens (tertiary/aromatic N) is 1. The Morgan fingerprint density at radius 1 is 1.52 bits per heavy atom. The molecule has 0 radical (unpaired) electrons. The minimum absolute atomic E-state index is 0.367. The van der Waals surface area contributed by atoms with E-state index in [0.717, 1.165) is 31.2 Å². The summed E-state index contributed by atoms with van der Waals surface area (Å²) in [6.45, 7) is 5.95. The molecule has 25 heavy (non-hydrogen) atoms. The van der Waals surface area contributed by atoms with Gasteiger partial charge in [-0.15, -0.1) is 11.3 Å². The summed E-state index contributed by atoms with van der Waals surface area (Å²) in [5.74, 6) is 1.21. The second kappa shape index (κ2) is 9.60. The summed E-state index contributed by atoms with van der Waals surface area (Å²) >= 11 is 6.66. The highest BCUT2D eigenvalue weighted by Crippen LogP contribution is 2.38. The molecular weight excluding hydrogens is 358 g/mol. The smallest absolute Gasteiger partial charge is 0.336 e. The van der Waals surface area contributed by atoms with Gasteiger partial charge >= 0.3 is 5.97 Å². The molecule has 0 spiro atoms. The molecule has 134 valence electrons. The lowest BCUT2D eigenvalue weighted by molar-refractivity contribution is -0.670. The molecule has 8 heteroatoms. The first-order valence-corrected chi connectivity index (χ1v) is 9.19. The van der Waals surface area contributed by atoms with Crippen molar-refractivity contribution in [1.29, 1.82) is 0 Å². The Morgan fingerprint density at radius 3 is 2.68 bits per heavy atom. The van der Waals surface area contributed by atoms with Gasteiger partial charge in [-0.2, -0.15) is 0 Å². The van der Waals surface area contributed by atoms with Crippen LogP contribution in [0, 0.1) is 0 Å². The molecule has 0 aliphatic carbocycles. The molecule has 0 bridgehead atoms. The van der Waals surface area contributed by atoms with E-state index in [4.69, 9.17) is 21.7 Å². The van der Waals surface area contributed by atoms with Crippen molar-refractivity contribution in [3.05, 3.63) is 44.6 Å². The van der Waals surface area contributed by atoms with Crippen LogP contribution in [-0.4, -0.2) is 50.2 Å². The lowest BCUT2D eigenvalue weighted by Crippen LogP contribution is -2.87. The van der Waals surface area contributed by atoms with Gasteiger partial charge in [0.2, 0.25) is 0 Å². The van der Waals surface area contributed by atoms with Crippen molar-refractivity contribution in [3.63, 3.8) is 0 Å². The van der Waals surface area contributed by atoms with E-state index in [0.29, 0.717) is 21.8 Å². The van der Waals surface area contributed by atoms with E-state index < -0.39 is 11.9 Å². The molecule has 0 saturated carbocycles. The van der Waals surface area contributed by atoms with Gasteiger partial charge in [0.05, 0.1) is 44.9 Å². The predicted molar refractivity (Wildman–Crippen MR) is 102 cm³/mol. The average Bonchev–Trinajstić information content (AvgIpc) is 3.17. The number of thiophene rings is 1. The molecule has 2 aliphatic rings. The standard InChI is InChI=1S/C13H11N2O2S2.C4H9NO/c1-7-10(13(16)17-2)11(9-4-3-5-19-9)8(6-14)12(18)15-7;1-3-6-4-2-5-1/h3-5,11H,1-2H3,(H,15,18);5H,1-4H2/q-1;/p+1. The van der Waals surface area contributed by atoms with Gasteiger partial charge in [0.25, 0.3) is 0 Å². The van der Waals surface area contributed by atoms with Gasteiger partial charge in [-0.3, -0.25) is 5.87 Å². The van der Waals surface area contributed by atoms with Gasteiger partial charge in [-0.25, -0.2) is 4.79 Å². The number of quaternary nitrogens is 1. The van der Waals surface area contributed by atoms with Crippen LogP contribution in [0.1, 0.15) is 17.7 Å². The van der Waals surface area contributed by atoms with E-state index in [1.807, 2.05) is 17.5 Å². The second-order valence-corrected chi connectivity index (χ2v) is 6.82. The maximum atomic E-state index is 12.0. The van der Waals surface area contributed by atoms with E-state index >= 15 is 0 Å². The van der Waals surface area contributed by atoms with Crippen LogP contribution < -0.4 is 10.6 Å². The number of nitrogens with two attached hydrogens (primary N) is 1. The Kier molecular flexibility index (Phi) is 7.49. The summed E-state index contributed by atoms with van der Waals surface area (Å²) in [6, 6.07) is 3.77. The fourth-order valence-electron chi connectivity index (χ4n) is 2.61. The molecule has 1 aromatic rings. The van der Waals surface area contributed by atoms with E-state index in [9.17, 15) is 10.2 Å². The van der Waals surface area contributed by atoms with E-state index in [1.54, 1.807) is 6.92 Å². The molecular formula is C17H21N3O3S2. The number of ether oxygens (including phenoxy) is 2. The van der Waals surface area contributed by atoms with Crippen molar-refractivity contribution < 1.29 is 19.6 Å². The molecule has 0 amide bonds. The van der Waals surface area contributed by atoms with Gasteiger partial charge in [0, 0.05) is 16.1 Å². The first kappa shape index (κ1) is 19.5. The van der Waals surface area contributed by atoms with Gasteiger partial charge < -0.3 is 25.5 Å². The van der Waals surface area contributed by atoms with Crippen molar-refractivity contribution >= 4 is 40.4 Å². The fourth-order valence-corrected chi connectivity index (χ4v) is 3.77. The predicted octanol–water partition coefficient (Wildman–Crippen LogP) is 0.955. The Balaban J connectivity index is 0.000000316. The summed E-state index contributed by atoms with van der Waals surface area (Å²) in [5.41, 5.74) is 1.45. The van der Waals surface area contributed by atoms with E-state index in [2.05, 4.69) is 16.5 Å². The van der Waals surface area contributed by atoms with E-state index in [1.165, 1.54) is 18.4 Å². The summed E-state index contributed by atoms with van der Waals surface area (Å²) < 4.78 is 9.86. The number of allylic oxidation sites excluding steroid dienone is 1. The molecule has 3 rings (SSSR count). The lowest BCUT2D eigenvalue weighted by Gasteiger charge is -2.29. The van der Waals surface area contributed by atoms with Crippen LogP contribution in [0.4, 0.5) is 0 Å². The number of esters is 1. The highest BCUT2D eigenvalue weighted by molar-refractivity contribution is 7.80. The zero-order chi connectivity index (χ0) is 18.2. The normalized spacial score (nSPS) is 20.2. The first-order chi connectivity index (χ1) is 12.1. The van der Waals surface area contributed by atoms with Crippen molar-refractivity contribution in [1.82, 2.24) is 5.32 Å². The van der Waals surface area contributed by atoms with Crippen molar-refractivity contribution in [2.45, 2.75) is 12.8 Å². The van der Waals surface area contributed by atoms with Crippen LogP contribution in [-0.2, 0) is 14.3 Å². The maximum Gasteiger partial charge on any atom is 0.336 e. The van der Waals surface area contributed by atoms with Crippen molar-refractivity contribution in [2.75, 3.05) is 33.4 Å². The third-order valence-corrected chi connectivity index (χ3v) is 5.07. The summed E-state index contributed by atoms with van der Waals surface area (Å²) in [5, 5.41) is 16.4. The number of methoxy groups -OCH3 is 1. The summed E-state index contributed by atoms with van der Waals surface area (Å²) in [4.78, 5) is 13.2. The number of carbonyl (C=O) groups is 1. The van der Waals surface area contributed by atoms with Gasteiger partial charge in [0.15, 0.2) is 0 Å². The van der Waals surface area contributed by atoms with Gasteiger partial charge in [0.1, 0.15) is 4.99 Å². The maximum absolute atomic E-state index is 12.0. The SMILES string of the molecule is C1COCC[NH2+]1.COC(=O)C1=C(C)NC(=S)C(=C=[N-])C1c1cccs1. The second-order valence-electron chi connectivity index (χ2n) is 5.44. The van der Waals surface area contributed by atoms with Crippen LogP contribution in [0.2, 0.25) is 0 Å². The number of hydrogen-bond donors (Lipinski definition) is 2. The Hall–Kier alpha value is -1.83. The minimum atomic E-state index is -0.446. The van der Waals surface area contributed by atoms with Crippen molar-refractivity contribution in [2.24, 2.45) is 0 Å². The quantitative estimate of drug-likeness (QED) is 0.346. The molecule has 0 aromatic carbocycles. The number of carbonyl (C=O) groups excluding carboxylic acids is 1. The van der Waals surface area contributed by atoms with Crippen LogP contribution in [0.3, 0.4) is 0 Å². The molecule has 1 aromatic heterocycles. The Morgan fingerprint density at radius 2 is 2.24 bits per heavy atom. The highest BCUT2D eigenvalue weighted by atomic mass is 32.1. The van der Waals surface area contributed by atoms with Crippen molar-refractivity contribution in [3.8, 4) is 0 Å². The van der Waals surface area contributed by atoms with Crippen LogP contribution >= 0.6 is 23.6 Å². The molecule has 3 N–H and O–H groups in total. The molecule has 2 aliphatic heterocycles. The van der Waals surface area contributed by atoms with Crippen LogP contribution in [0.5, 0.6) is 0 Å². The summed E-state index contributed by atoms with van der Waals surface area (Å²) in [6.07, 6.45) is 0. The van der Waals surface area contributed by atoms with Crippen LogP contribution in [0.15, 0.2) is 34.4 Å². The lowest BCUT2D eigenvalue weighted by atomic mass is 9.86. The van der Waals surface area contributed by atoms with Crippen LogP contribution in [0.25, 0.3) is 5.41 Å². The molecule has 1 fully saturated rings. The third kappa shape index (κ3) is 4.84. The number of rotatable bonds is 2. The molecule has 3 heterocycles. The highest BCUT2D eigenvalue weighted by Gasteiger charge is 2.34. The molecule has 1 saturated heterocycles. The third-order valence-electron chi connectivity index (χ3n) is 3.81. The van der Waals surface area contributed by atoms with E-state index in [-0.39, 0.29) is 0 Å². The first-order valence-electron chi connectivity index (χ1n) is 7.90. The zero-order valence-corrected chi connectivity index (χ0v) is 15.8. The molecule has 1 unspecified atom stereocenters. The Bertz CT molecular complexity index is 691. The zero-order valence-electron chi connectivity index (χ0n) is 14.2. The molecule has 1 atom stereocenters. The van der Waals surface area contributed by atoms with Gasteiger partial charge in [-0.1, -0.05) is 18.3 Å². The fraction of sp³-hybridized carbons (Fsp3) is 0.412. The monoisotopic (exact) mass is 379 g/mol.